The van der Waals surface area contributed by atoms with Crippen LogP contribution in [0.1, 0.15) is 52.4 Å². The number of carbonyl (C=O) groups is 1. The molecule has 0 heterocycles. The third-order valence-corrected chi connectivity index (χ3v) is 3.74. The second-order valence-electron chi connectivity index (χ2n) is 5.65. The van der Waals surface area contributed by atoms with E-state index in [4.69, 9.17) is 5.11 Å². The van der Waals surface area contributed by atoms with Crippen LogP contribution in [0.15, 0.2) is 0 Å². The summed E-state index contributed by atoms with van der Waals surface area (Å²) in [6.07, 6.45) is 6.71. The second kappa shape index (κ2) is 8.48. The van der Waals surface area contributed by atoms with E-state index in [0.29, 0.717) is 24.9 Å². The van der Waals surface area contributed by atoms with E-state index in [-0.39, 0.29) is 18.6 Å². The lowest BCUT2D eigenvalue weighted by atomic mass is 9.95. The van der Waals surface area contributed by atoms with Crippen LogP contribution >= 0.6 is 0 Å². The van der Waals surface area contributed by atoms with Gasteiger partial charge in [-0.05, 0) is 25.2 Å². The van der Waals surface area contributed by atoms with Crippen molar-refractivity contribution in [3.8, 4) is 0 Å². The van der Waals surface area contributed by atoms with Crippen molar-refractivity contribution >= 4 is 5.91 Å². The van der Waals surface area contributed by atoms with Crippen LogP contribution in [0, 0.1) is 5.92 Å². The maximum absolute atomic E-state index is 11.8. The highest BCUT2D eigenvalue weighted by molar-refractivity contribution is 5.78. The Kier molecular flexibility index (Phi) is 7.28. The SMILES string of the molecule is CC(C)C(CCO)NCC(=O)NC1CCCCC1. The Morgan fingerprint density at radius 2 is 1.94 bits per heavy atom. The molecule has 0 aromatic carbocycles. The molecular formula is C14H28N2O2. The Labute approximate surface area is 111 Å². The average molecular weight is 256 g/mol. The van der Waals surface area contributed by atoms with Gasteiger partial charge in [-0.15, -0.1) is 0 Å². The molecular weight excluding hydrogens is 228 g/mol. The molecule has 1 amide bonds. The number of amides is 1. The first-order chi connectivity index (χ1) is 8.63. The molecule has 0 aromatic rings. The molecule has 18 heavy (non-hydrogen) atoms. The number of rotatable bonds is 7. The Morgan fingerprint density at radius 1 is 1.28 bits per heavy atom. The minimum absolute atomic E-state index is 0.0884. The zero-order valence-electron chi connectivity index (χ0n) is 11.7. The van der Waals surface area contributed by atoms with Crippen LogP contribution < -0.4 is 10.6 Å². The first kappa shape index (κ1) is 15.4. The summed E-state index contributed by atoms with van der Waals surface area (Å²) >= 11 is 0. The van der Waals surface area contributed by atoms with Crippen molar-refractivity contribution in [2.24, 2.45) is 5.92 Å². The van der Waals surface area contributed by atoms with Crippen molar-refractivity contribution < 1.29 is 9.90 Å². The van der Waals surface area contributed by atoms with Crippen LogP contribution in [-0.4, -0.2) is 36.2 Å². The summed E-state index contributed by atoms with van der Waals surface area (Å²) in [7, 11) is 0. The largest absolute Gasteiger partial charge is 0.396 e. The smallest absolute Gasteiger partial charge is 0.234 e. The Balaban J connectivity index is 2.21. The minimum atomic E-state index is 0.0884. The van der Waals surface area contributed by atoms with Gasteiger partial charge in [0.05, 0.1) is 6.54 Å². The van der Waals surface area contributed by atoms with Crippen molar-refractivity contribution in [2.75, 3.05) is 13.2 Å². The lowest BCUT2D eigenvalue weighted by Gasteiger charge is -2.25. The lowest BCUT2D eigenvalue weighted by Crippen LogP contribution is -2.45. The number of aliphatic hydroxyl groups is 1. The van der Waals surface area contributed by atoms with Gasteiger partial charge in [0.2, 0.25) is 5.91 Å². The maximum atomic E-state index is 11.8. The normalized spacial score (nSPS) is 18.9. The average Bonchev–Trinajstić information content (AvgIpc) is 2.35. The summed E-state index contributed by atoms with van der Waals surface area (Å²) in [4.78, 5) is 11.8. The van der Waals surface area contributed by atoms with Gasteiger partial charge in [-0.2, -0.15) is 0 Å². The van der Waals surface area contributed by atoms with Crippen molar-refractivity contribution in [3.63, 3.8) is 0 Å². The maximum Gasteiger partial charge on any atom is 0.234 e. The van der Waals surface area contributed by atoms with Crippen molar-refractivity contribution in [3.05, 3.63) is 0 Å². The first-order valence-electron chi connectivity index (χ1n) is 7.27. The summed E-state index contributed by atoms with van der Waals surface area (Å²) in [5, 5.41) is 15.3. The molecule has 1 aliphatic carbocycles. The molecule has 0 saturated heterocycles. The van der Waals surface area contributed by atoms with E-state index >= 15 is 0 Å². The molecule has 0 bridgehead atoms. The van der Waals surface area contributed by atoms with Gasteiger partial charge in [-0.25, -0.2) is 0 Å². The third-order valence-electron chi connectivity index (χ3n) is 3.74. The van der Waals surface area contributed by atoms with Crippen LogP contribution in [-0.2, 0) is 4.79 Å². The summed E-state index contributed by atoms with van der Waals surface area (Å²) in [5.41, 5.74) is 0. The van der Waals surface area contributed by atoms with E-state index in [0.717, 1.165) is 12.8 Å². The fraction of sp³-hybridized carbons (Fsp3) is 0.929. The van der Waals surface area contributed by atoms with Crippen molar-refractivity contribution in [2.45, 2.75) is 64.5 Å². The summed E-state index contributed by atoms with van der Waals surface area (Å²) in [6.45, 7) is 4.73. The lowest BCUT2D eigenvalue weighted by molar-refractivity contribution is -0.121. The number of aliphatic hydroxyl groups excluding tert-OH is 1. The fourth-order valence-electron chi connectivity index (χ4n) is 2.56. The first-order valence-corrected chi connectivity index (χ1v) is 7.27. The predicted octanol–water partition coefficient (Wildman–Crippen LogP) is 1.43. The molecule has 106 valence electrons. The molecule has 1 fully saturated rings. The molecule has 1 rings (SSSR count). The number of hydrogen-bond donors (Lipinski definition) is 3. The molecule has 0 aromatic heterocycles. The monoisotopic (exact) mass is 256 g/mol. The number of nitrogens with one attached hydrogen (secondary N) is 2. The van der Waals surface area contributed by atoms with Gasteiger partial charge < -0.3 is 15.7 Å². The molecule has 0 aliphatic heterocycles. The fourth-order valence-corrected chi connectivity index (χ4v) is 2.56. The zero-order chi connectivity index (χ0) is 13.4. The van der Waals surface area contributed by atoms with Gasteiger partial charge in [0, 0.05) is 18.7 Å². The van der Waals surface area contributed by atoms with Gasteiger partial charge in [0.25, 0.3) is 0 Å². The summed E-state index contributed by atoms with van der Waals surface area (Å²) in [6, 6.07) is 0.593. The van der Waals surface area contributed by atoms with E-state index in [1.165, 1.54) is 19.3 Å². The molecule has 4 nitrogen and oxygen atoms in total. The van der Waals surface area contributed by atoms with Gasteiger partial charge in [-0.3, -0.25) is 4.79 Å². The van der Waals surface area contributed by atoms with Crippen LogP contribution in [0.3, 0.4) is 0 Å². The van der Waals surface area contributed by atoms with E-state index in [1.54, 1.807) is 0 Å². The Hall–Kier alpha value is -0.610. The van der Waals surface area contributed by atoms with Gasteiger partial charge in [0.15, 0.2) is 0 Å². The van der Waals surface area contributed by atoms with E-state index in [9.17, 15) is 4.79 Å². The topological polar surface area (TPSA) is 61.4 Å². The van der Waals surface area contributed by atoms with Crippen LogP contribution in [0.4, 0.5) is 0 Å². The highest BCUT2D eigenvalue weighted by atomic mass is 16.3. The predicted molar refractivity (Wildman–Crippen MR) is 73.3 cm³/mol. The molecule has 1 unspecified atom stereocenters. The summed E-state index contributed by atoms with van der Waals surface area (Å²) in [5.74, 6) is 0.519. The molecule has 4 heteroatoms. The number of hydrogen-bond acceptors (Lipinski definition) is 3. The molecule has 1 atom stereocenters. The number of carbonyl (C=O) groups excluding carboxylic acids is 1. The van der Waals surface area contributed by atoms with E-state index in [1.807, 2.05) is 0 Å². The highest BCUT2D eigenvalue weighted by Crippen LogP contribution is 2.17. The zero-order valence-corrected chi connectivity index (χ0v) is 11.7. The molecule has 3 N–H and O–H groups in total. The van der Waals surface area contributed by atoms with Gasteiger partial charge in [0.1, 0.15) is 0 Å². The quantitative estimate of drug-likeness (QED) is 0.646. The molecule has 1 aliphatic rings. The Bertz CT molecular complexity index is 238. The van der Waals surface area contributed by atoms with Crippen LogP contribution in [0.5, 0.6) is 0 Å². The highest BCUT2D eigenvalue weighted by Gasteiger charge is 2.17. The Morgan fingerprint density at radius 3 is 2.50 bits per heavy atom. The second-order valence-corrected chi connectivity index (χ2v) is 5.65. The molecule has 1 saturated carbocycles. The van der Waals surface area contributed by atoms with Crippen molar-refractivity contribution in [1.29, 1.82) is 0 Å². The van der Waals surface area contributed by atoms with Gasteiger partial charge >= 0.3 is 0 Å². The van der Waals surface area contributed by atoms with Crippen LogP contribution in [0.2, 0.25) is 0 Å². The minimum Gasteiger partial charge on any atom is -0.396 e. The standard InChI is InChI=1S/C14H28N2O2/c1-11(2)13(8-9-17)15-10-14(18)16-12-6-4-3-5-7-12/h11-13,15,17H,3-10H2,1-2H3,(H,16,18). The summed E-state index contributed by atoms with van der Waals surface area (Å²) < 4.78 is 0. The van der Waals surface area contributed by atoms with Crippen LogP contribution in [0.25, 0.3) is 0 Å². The molecule has 0 radical (unpaired) electrons. The third kappa shape index (κ3) is 5.83. The molecule has 0 spiro atoms. The van der Waals surface area contributed by atoms with E-state index in [2.05, 4.69) is 24.5 Å². The van der Waals surface area contributed by atoms with E-state index < -0.39 is 0 Å². The van der Waals surface area contributed by atoms with Crippen molar-refractivity contribution in [1.82, 2.24) is 10.6 Å². The van der Waals surface area contributed by atoms with Gasteiger partial charge in [-0.1, -0.05) is 33.1 Å².